The number of nitrogen functional groups attached to an aromatic ring is 1. The number of nitrogens with two attached hydrogens (primary N) is 1. The van der Waals surface area contributed by atoms with Crippen molar-refractivity contribution in [2.24, 2.45) is 4.99 Å². The fraction of sp³-hybridized carbons (Fsp3) is 0.0909. The van der Waals surface area contributed by atoms with Crippen molar-refractivity contribution >= 4 is 28.3 Å². The van der Waals surface area contributed by atoms with Crippen LogP contribution in [0.3, 0.4) is 0 Å². The van der Waals surface area contributed by atoms with Crippen molar-refractivity contribution in [1.29, 1.82) is 0 Å². The molecule has 0 unspecified atom stereocenters. The van der Waals surface area contributed by atoms with E-state index < -0.39 is 5.97 Å². The summed E-state index contributed by atoms with van der Waals surface area (Å²) in [6, 6.07) is 16.1. The van der Waals surface area contributed by atoms with Crippen LogP contribution in [0.4, 0.5) is 11.4 Å². The zero-order valence-electron chi connectivity index (χ0n) is 16.4. The van der Waals surface area contributed by atoms with Crippen LogP contribution in [0.15, 0.2) is 64.0 Å². The fourth-order valence-corrected chi connectivity index (χ4v) is 3.41. The molecule has 0 fully saturated rings. The molecule has 2 aromatic carbocycles. The number of benzene rings is 3. The number of carboxylic acids is 1. The Labute approximate surface area is 189 Å². The standard InChI is InChI=1S/C22H19N3O3.Na/c1-24-13-4-7-16-19(10-13)28-20-11-14(25-2)5-8-17(20)21(16)15-6-3-12(23)9-18(15)22(26)27;/h3-11,24H,23H2,1-2H3,(H,26,27);/q;+1/p-1/b25-14-;. The van der Waals surface area contributed by atoms with Crippen molar-refractivity contribution in [3.8, 4) is 22.5 Å². The predicted molar refractivity (Wildman–Crippen MR) is 108 cm³/mol. The van der Waals surface area contributed by atoms with Gasteiger partial charge in [0.2, 0.25) is 0 Å². The Balaban J connectivity index is 0.00000240. The Hall–Kier alpha value is -2.80. The average Bonchev–Trinajstić information content (AvgIpc) is 2.71. The van der Waals surface area contributed by atoms with Gasteiger partial charge in [-0.25, -0.2) is 0 Å². The van der Waals surface area contributed by atoms with E-state index in [4.69, 9.17) is 10.2 Å². The quantitative estimate of drug-likeness (QED) is 0.282. The van der Waals surface area contributed by atoms with Gasteiger partial charge in [0.1, 0.15) is 11.3 Å². The van der Waals surface area contributed by atoms with Gasteiger partial charge in [0.05, 0.1) is 11.3 Å². The number of hydrogen-bond acceptors (Lipinski definition) is 6. The Morgan fingerprint density at radius 3 is 2.52 bits per heavy atom. The van der Waals surface area contributed by atoms with Crippen LogP contribution in [0.2, 0.25) is 0 Å². The van der Waals surface area contributed by atoms with E-state index in [-0.39, 0.29) is 35.1 Å². The van der Waals surface area contributed by atoms with Gasteiger partial charge in [-0.15, -0.1) is 0 Å². The summed E-state index contributed by atoms with van der Waals surface area (Å²) in [4.78, 5) is 16.0. The number of hydrogen-bond donors (Lipinski definition) is 2. The number of carbonyl (C=O) groups is 1. The Morgan fingerprint density at radius 2 is 1.83 bits per heavy atom. The van der Waals surface area contributed by atoms with Gasteiger partial charge in [-0.05, 0) is 42.0 Å². The molecule has 0 amide bonds. The maximum absolute atomic E-state index is 11.8. The molecule has 1 heterocycles. The van der Waals surface area contributed by atoms with E-state index in [1.54, 1.807) is 19.2 Å². The first-order chi connectivity index (χ1) is 13.5. The second-order valence-corrected chi connectivity index (χ2v) is 6.43. The number of anilines is 2. The summed E-state index contributed by atoms with van der Waals surface area (Å²) in [7, 11) is 3.53. The SMILES string of the molecule is C/N=c1/ccc2c(-c3ccc(N)cc3C(=O)[O-])c3ccc(NC)cc3oc-2c1.[Na+]. The first-order valence-corrected chi connectivity index (χ1v) is 8.74. The van der Waals surface area contributed by atoms with Crippen molar-refractivity contribution in [3.05, 3.63) is 65.5 Å². The summed E-state index contributed by atoms with van der Waals surface area (Å²) in [6.45, 7) is 0. The largest absolute Gasteiger partial charge is 1.00 e. The summed E-state index contributed by atoms with van der Waals surface area (Å²) < 4.78 is 6.13. The summed E-state index contributed by atoms with van der Waals surface area (Å²) in [5, 5.41) is 16.5. The van der Waals surface area contributed by atoms with Crippen molar-refractivity contribution in [2.45, 2.75) is 0 Å². The normalized spacial score (nSPS) is 11.4. The number of nitrogens with one attached hydrogen (secondary N) is 1. The molecule has 0 saturated carbocycles. The van der Waals surface area contributed by atoms with E-state index in [2.05, 4.69) is 10.3 Å². The Bertz CT molecular complexity index is 1260. The van der Waals surface area contributed by atoms with Crippen molar-refractivity contribution < 1.29 is 43.9 Å². The molecule has 0 aromatic heterocycles. The molecule has 0 saturated heterocycles. The zero-order chi connectivity index (χ0) is 19.8. The summed E-state index contributed by atoms with van der Waals surface area (Å²) >= 11 is 0. The second-order valence-electron chi connectivity index (χ2n) is 6.43. The first kappa shape index (κ1) is 20.9. The van der Waals surface area contributed by atoms with Crippen LogP contribution in [0.25, 0.3) is 33.4 Å². The summed E-state index contributed by atoms with van der Waals surface area (Å²) in [6.07, 6.45) is 0. The number of rotatable bonds is 3. The Kier molecular flexibility index (Phi) is 5.98. The molecular formula is C22H18N3NaO3. The molecule has 0 spiro atoms. The Morgan fingerprint density at radius 1 is 1.07 bits per heavy atom. The van der Waals surface area contributed by atoms with Crippen LogP contribution < -0.4 is 51.1 Å². The van der Waals surface area contributed by atoms with E-state index in [1.165, 1.54) is 6.07 Å². The number of carboxylic acid groups (broad SMARTS) is 1. The molecular weight excluding hydrogens is 377 g/mol. The van der Waals surface area contributed by atoms with Gasteiger partial charge < -0.3 is 25.4 Å². The third-order valence-electron chi connectivity index (χ3n) is 4.79. The van der Waals surface area contributed by atoms with E-state index in [9.17, 15) is 9.90 Å². The van der Waals surface area contributed by atoms with E-state index >= 15 is 0 Å². The van der Waals surface area contributed by atoms with E-state index in [0.29, 0.717) is 22.6 Å². The zero-order valence-corrected chi connectivity index (χ0v) is 18.4. The van der Waals surface area contributed by atoms with Gasteiger partial charge in [-0.2, -0.15) is 0 Å². The molecule has 29 heavy (non-hydrogen) atoms. The van der Waals surface area contributed by atoms with Crippen LogP contribution in [0.5, 0.6) is 0 Å². The van der Waals surface area contributed by atoms with E-state index in [1.807, 2.05) is 43.4 Å². The van der Waals surface area contributed by atoms with Gasteiger partial charge >= 0.3 is 29.6 Å². The molecule has 2 aliphatic rings. The molecule has 1 aliphatic carbocycles. The van der Waals surface area contributed by atoms with Crippen molar-refractivity contribution in [1.82, 2.24) is 0 Å². The maximum Gasteiger partial charge on any atom is 1.00 e. The second kappa shape index (κ2) is 8.29. The minimum atomic E-state index is -1.28. The number of aromatic carboxylic acids is 1. The average molecular weight is 395 g/mol. The minimum Gasteiger partial charge on any atom is -0.545 e. The predicted octanol–water partition coefficient (Wildman–Crippen LogP) is -0.273. The van der Waals surface area contributed by atoms with Gasteiger partial charge in [-0.1, -0.05) is 6.07 Å². The fourth-order valence-electron chi connectivity index (χ4n) is 3.41. The number of fused-ring (bicyclic) bond motifs is 2. The van der Waals surface area contributed by atoms with Gasteiger partial charge in [0.25, 0.3) is 0 Å². The van der Waals surface area contributed by atoms with Gasteiger partial charge in [0.15, 0.2) is 0 Å². The molecule has 1 aliphatic heterocycles. The molecule has 3 N–H and O–H groups in total. The molecule has 0 radical (unpaired) electrons. The third-order valence-corrected chi connectivity index (χ3v) is 4.79. The van der Waals surface area contributed by atoms with Crippen LogP contribution in [0, 0.1) is 0 Å². The van der Waals surface area contributed by atoms with Gasteiger partial charge in [0, 0.05) is 59.7 Å². The molecule has 4 rings (SSSR count). The third kappa shape index (κ3) is 3.74. The molecule has 7 heteroatoms. The topological polar surface area (TPSA) is 104 Å². The molecule has 6 nitrogen and oxygen atoms in total. The first-order valence-electron chi connectivity index (χ1n) is 8.74. The van der Waals surface area contributed by atoms with Crippen molar-refractivity contribution in [3.63, 3.8) is 0 Å². The summed E-state index contributed by atoms with van der Waals surface area (Å²) in [5.74, 6) is -0.670. The van der Waals surface area contributed by atoms with Crippen LogP contribution in [-0.4, -0.2) is 20.1 Å². The monoisotopic (exact) mass is 395 g/mol. The maximum atomic E-state index is 11.8. The van der Waals surface area contributed by atoms with E-state index in [0.717, 1.165) is 27.6 Å². The minimum absolute atomic E-state index is 0. The smallest absolute Gasteiger partial charge is 0.545 e. The van der Waals surface area contributed by atoms with Gasteiger partial charge in [-0.3, -0.25) is 4.99 Å². The molecule has 2 aromatic rings. The van der Waals surface area contributed by atoms with Crippen LogP contribution in [-0.2, 0) is 0 Å². The molecule has 140 valence electrons. The van der Waals surface area contributed by atoms with Crippen molar-refractivity contribution in [2.75, 3.05) is 25.1 Å². The van der Waals surface area contributed by atoms with Crippen LogP contribution >= 0.6 is 0 Å². The number of nitrogens with zero attached hydrogens (tertiary/aromatic N) is 1. The number of carbonyl (C=O) groups excluding carboxylic acids is 1. The van der Waals surface area contributed by atoms with Crippen LogP contribution in [0.1, 0.15) is 10.4 Å². The summed E-state index contributed by atoms with van der Waals surface area (Å²) in [5.41, 5.74) is 9.79. The molecule has 0 bridgehead atoms. The molecule has 0 atom stereocenters.